The van der Waals surface area contributed by atoms with Gasteiger partial charge in [-0.3, -0.25) is 9.48 Å². The van der Waals surface area contributed by atoms with Crippen LogP contribution in [0.2, 0.25) is 0 Å². The first kappa shape index (κ1) is 24.5. The fraction of sp³-hybridized carbons (Fsp3) is 0.321. The van der Waals surface area contributed by atoms with E-state index in [1.807, 2.05) is 17.0 Å². The standard InChI is InChI=1S/C28H24F4N4O2/c1-15-9-21-22(27(37)35(15)2)12-24(34-26(21)20-6-3-18(11-23(20)29)28(30,31)32)16-7-8-38-25(10-16)17-13-33-36(14-17)19-4-5-19/h3,6,9-14,19,25H,4-5,7-8H2,1-2H3. The van der Waals surface area contributed by atoms with E-state index in [9.17, 15) is 18.0 Å². The Kier molecular flexibility index (Phi) is 5.75. The summed E-state index contributed by atoms with van der Waals surface area (Å²) >= 11 is 0. The van der Waals surface area contributed by atoms with Gasteiger partial charge < -0.3 is 9.30 Å². The molecule has 2 aliphatic rings. The number of benzene rings is 1. The van der Waals surface area contributed by atoms with E-state index in [2.05, 4.69) is 5.10 Å². The van der Waals surface area contributed by atoms with Gasteiger partial charge in [0.1, 0.15) is 11.9 Å². The zero-order valence-electron chi connectivity index (χ0n) is 20.7. The normalized spacial score (nSPS) is 18.2. The Morgan fingerprint density at radius 1 is 1.11 bits per heavy atom. The number of aromatic nitrogens is 4. The highest BCUT2D eigenvalue weighted by molar-refractivity contribution is 5.96. The minimum atomic E-state index is -4.68. The van der Waals surface area contributed by atoms with Gasteiger partial charge in [0.05, 0.1) is 41.2 Å². The van der Waals surface area contributed by atoms with Crippen molar-refractivity contribution in [1.82, 2.24) is 19.3 Å². The van der Waals surface area contributed by atoms with Crippen LogP contribution in [-0.4, -0.2) is 25.9 Å². The van der Waals surface area contributed by atoms with Crippen molar-refractivity contribution >= 4 is 16.3 Å². The highest BCUT2D eigenvalue weighted by Crippen LogP contribution is 2.38. The van der Waals surface area contributed by atoms with Gasteiger partial charge in [-0.25, -0.2) is 9.37 Å². The fourth-order valence-corrected chi connectivity index (χ4v) is 4.83. The number of aryl methyl sites for hydroxylation is 1. The summed E-state index contributed by atoms with van der Waals surface area (Å²) < 4.78 is 64.1. The lowest BCUT2D eigenvalue weighted by atomic mass is 9.97. The molecule has 0 bridgehead atoms. The van der Waals surface area contributed by atoms with Crippen LogP contribution in [0.15, 0.2) is 53.6 Å². The summed E-state index contributed by atoms with van der Waals surface area (Å²) in [5.41, 5.74) is 1.40. The number of ether oxygens (including phenoxy) is 1. The highest BCUT2D eigenvalue weighted by atomic mass is 19.4. The van der Waals surface area contributed by atoms with Crippen molar-refractivity contribution in [3.63, 3.8) is 0 Å². The molecule has 3 aromatic heterocycles. The molecule has 6 nitrogen and oxygen atoms in total. The number of hydrogen-bond donors (Lipinski definition) is 0. The zero-order valence-corrected chi connectivity index (χ0v) is 20.7. The molecule has 1 fully saturated rings. The van der Waals surface area contributed by atoms with Crippen LogP contribution in [0.3, 0.4) is 0 Å². The molecule has 1 aliphatic carbocycles. The van der Waals surface area contributed by atoms with Gasteiger partial charge in [-0.2, -0.15) is 18.3 Å². The monoisotopic (exact) mass is 524 g/mol. The van der Waals surface area contributed by atoms with Crippen LogP contribution in [0.1, 0.15) is 53.9 Å². The molecule has 196 valence electrons. The predicted octanol–water partition coefficient (Wildman–Crippen LogP) is 6.14. The predicted molar refractivity (Wildman–Crippen MR) is 134 cm³/mol. The number of alkyl halides is 3. The van der Waals surface area contributed by atoms with E-state index in [4.69, 9.17) is 9.72 Å². The van der Waals surface area contributed by atoms with Crippen molar-refractivity contribution in [1.29, 1.82) is 0 Å². The lowest BCUT2D eigenvalue weighted by Gasteiger charge is -2.22. The van der Waals surface area contributed by atoms with E-state index >= 15 is 4.39 Å². The van der Waals surface area contributed by atoms with E-state index in [-0.39, 0.29) is 22.9 Å². The molecule has 1 unspecified atom stereocenters. The summed E-state index contributed by atoms with van der Waals surface area (Å²) in [5, 5.41) is 5.12. The third-order valence-electron chi connectivity index (χ3n) is 7.25. The molecule has 0 saturated heterocycles. The molecule has 1 atom stereocenters. The summed E-state index contributed by atoms with van der Waals surface area (Å²) in [6.07, 6.45) is 3.33. The van der Waals surface area contributed by atoms with Crippen molar-refractivity contribution in [3.8, 4) is 11.3 Å². The molecule has 1 saturated carbocycles. The Morgan fingerprint density at radius 2 is 1.89 bits per heavy atom. The molecular formula is C28H24F4N4O2. The van der Waals surface area contributed by atoms with Crippen molar-refractivity contribution in [2.75, 3.05) is 6.61 Å². The van der Waals surface area contributed by atoms with Gasteiger partial charge in [-0.15, -0.1) is 0 Å². The van der Waals surface area contributed by atoms with Crippen LogP contribution >= 0.6 is 0 Å². The maximum Gasteiger partial charge on any atom is 0.416 e. The molecular weight excluding hydrogens is 500 g/mol. The minimum Gasteiger partial charge on any atom is -0.369 e. The molecule has 0 N–H and O–H groups in total. The first-order valence-corrected chi connectivity index (χ1v) is 12.4. The van der Waals surface area contributed by atoms with Gasteiger partial charge in [0, 0.05) is 35.5 Å². The zero-order chi connectivity index (χ0) is 26.8. The smallest absolute Gasteiger partial charge is 0.369 e. The average Bonchev–Trinajstić information content (AvgIpc) is 3.63. The van der Waals surface area contributed by atoms with Gasteiger partial charge in [0.2, 0.25) is 0 Å². The highest BCUT2D eigenvalue weighted by Gasteiger charge is 2.32. The third-order valence-corrected chi connectivity index (χ3v) is 7.25. The number of nitrogens with zero attached hydrogens (tertiary/aromatic N) is 4. The van der Waals surface area contributed by atoms with Crippen LogP contribution < -0.4 is 5.56 Å². The Bertz CT molecular complexity index is 1660. The van der Waals surface area contributed by atoms with Crippen molar-refractivity contribution in [2.45, 2.75) is 44.5 Å². The molecule has 4 heterocycles. The van der Waals surface area contributed by atoms with Crippen LogP contribution in [0.5, 0.6) is 0 Å². The Balaban J connectivity index is 1.51. The lowest BCUT2D eigenvalue weighted by molar-refractivity contribution is -0.137. The van der Waals surface area contributed by atoms with Crippen LogP contribution in [-0.2, 0) is 18.0 Å². The summed E-state index contributed by atoms with van der Waals surface area (Å²) in [6, 6.07) is 6.17. The molecule has 10 heteroatoms. The quantitative estimate of drug-likeness (QED) is 0.301. The van der Waals surface area contributed by atoms with Gasteiger partial charge in [-0.05, 0) is 68.2 Å². The molecule has 1 aromatic carbocycles. The Morgan fingerprint density at radius 3 is 2.61 bits per heavy atom. The first-order valence-electron chi connectivity index (χ1n) is 12.4. The van der Waals surface area contributed by atoms with Crippen LogP contribution in [0.4, 0.5) is 17.6 Å². The molecule has 4 aromatic rings. The van der Waals surface area contributed by atoms with Crippen LogP contribution in [0.25, 0.3) is 27.6 Å². The molecule has 0 radical (unpaired) electrons. The maximum atomic E-state index is 15.1. The summed E-state index contributed by atoms with van der Waals surface area (Å²) in [4.78, 5) is 18.0. The van der Waals surface area contributed by atoms with Gasteiger partial charge >= 0.3 is 6.18 Å². The van der Waals surface area contributed by atoms with E-state index in [0.29, 0.717) is 47.3 Å². The summed E-state index contributed by atoms with van der Waals surface area (Å²) in [7, 11) is 1.64. The van der Waals surface area contributed by atoms with Gasteiger partial charge in [0.15, 0.2) is 0 Å². The first-order chi connectivity index (χ1) is 18.1. The summed E-state index contributed by atoms with van der Waals surface area (Å²) in [6.45, 7) is 2.13. The van der Waals surface area contributed by atoms with E-state index in [0.717, 1.165) is 36.1 Å². The van der Waals surface area contributed by atoms with E-state index < -0.39 is 17.6 Å². The van der Waals surface area contributed by atoms with Gasteiger partial charge in [0.25, 0.3) is 5.56 Å². The average molecular weight is 525 g/mol. The topological polar surface area (TPSA) is 61.9 Å². The number of fused-ring (bicyclic) bond motifs is 1. The molecule has 1 aliphatic heterocycles. The fourth-order valence-electron chi connectivity index (χ4n) is 4.83. The summed E-state index contributed by atoms with van der Waals surface area (Å²) in [5.74, 6) is -1.06. The van der Waals surface area contributed by atoms with E-state index in [1.165, 1.54) is 4.57 Å². The minimum absolute atomic E-state index is 0.104. The Hall–Kier alpha value is -3.79. The molecule has 0 amide bonds. The number of pyridine rings is 2. The second-order valence-electron chi connectivity index (χ2n) is 9.88. The second-order valence-corrected chi connectivity index (χ2v) is 9.88. The van der Waals surface area contributed by atoms with Crippen molar-refractivity contribution < 1.29 is 22.3 Å². The molecule has 38 heavy (non-hydrogen) atoms. The van der Waals surface area contributed by atoms with E-state index in [1.54, 1.807) is 32.3 Å². The second kappa shape index (κ2) is 8.90. The number of halogens is 4. The molecule has 0 spiro atoms. The van der Waals surface area contributed by atoms with Crippen LogP contribution in [0, 0.1) is 12.7 Å². The number of rotatable bonds is 4. The largest absolute Gasteiger partial charge is 0.416 e. The number of hydrogen-bond acceptors (Lipinski definition) is 4. The third kappa shape index (κ3) is 4.32. The lowest BCUT2D eigenvalue weighted by Crippen LogP contribution is -2.20. The van der Waals surface area contributed by atoms with Gasteiger partial charge in [-0.1, -0.05) is 0 Å². The molecule has 6 rings (SSSR count). The van der Waals surface area contributed by atoms with Crippen molar-refractivity contribution in [2.24, 2.45) is 7.05 Å². The Labute approximate surface area is 215 Å². The maximum absolute atomic E-state index is 15.1. The van der Waals surface area contributed by atoms with Crippen molar-refractivity contribution in [3.05, 3.63) is 87.5 Å². The SMILES string of the molecule is Cc1cc2c(-c3ccc(C(F)(F)F)cc3F)nc(C3=CC(c4cnn(C5CC5)c4)OCC3)cc2c(=O)n1C.